The molecule has 2 rings (SSSR count). The van der Waals surface area contributed by atoms with Crippen LogP contribution < -0.4 is 0 Å². The fraction of sp³-hybridized carbons (Fsp3) is 0.688. The highest BCUT2D eigenvalue weighted by Crippen LogP contribution is 2.27. The lowest BCUT2D eigenvalue weighted by Gasteiger charge is -2.28. The lowest BCUT2D eigenvalue weighted by atomic mass is 10.1. The summed E-state index contributed by atoms with van der Waals surface area (Å²) in [5, 5.41) is 29.0. The quantitative estimate of drug-likeness (QED) is 0.596. The molecule has 0 radical (unpaired) electrons. The van der Waals surface area contributed by atoms with Crippen molar-refractivity contribution in [2.45, 2.75) is 51.2 Å². The summed E-state index contributed by atoms with van der Waals surface area (Å²) in [4.78, 5) is 13.6. The van der Waals surface area contributed by atoms with Crippen molar-refractivity contribution >= 4 is 5.97 Å². The van der Waals surface area contributed by atoms with E-state index in [4.69, 9.17) is 14.6 Å². The number of rotatable bonds is 6. The van der Waals surface area contributed by atoms with Crippen molar-refractivity contribution in [2.75, 3.05) is 13.2 Å². The molecule has 0 bridgehead atoms. The van der Waals surface area contributed by atoms with E-state index in [0.29, 0.717) is 24.5 Å². The number of aliphatic hydroxyl groups is 3. The van der Waals surface area contributed by atoms with Gasteiger partial charge in [0.15, 0.2) is 6.23 Å². The number of hydrogen-bond donors (Lipinski definition) is 3. The van der Waals surface area contributed by atoms with Gasteiger partial charge >= 0.3 is 5.97 Å². The minimum atomic E-state index is -1.18. The predicted octanol–water partition coefficient (Wildman–Crippen LogP) is 0.118. The Morgan fingerprint density at radius 1 is 1.43 bits per heavy atom. The summed E-state index contributed by atoms with van der Waals surface area (Å²) in [6, 6.07) is 0. The summed E-state index contributed by atoms with van der Waals surface area (Å²) in [6.07, 6.45) is 2.17. The first kappa shape index (κ1) is 17.9. The molecule has 4 unspecified atom stereocenters. The highest BCUT2D eigenvalue weighted by molar-refractivity contribution is 5.88. The van der Waals surface area contributed by atoms with Crippen LogP contribution in [0.1, 0.15) is 26.7 Å². The van der Waals surface area contributed by atoms with E-state index in [1.54, 1.807) is 18.5 Å². The average molecular weight is 327 g/mol. The molecule has 0 aromatic heterocycles. The van der Waals surface area contributed by atoms with Crippen molar-refractivity contribution in [3.8, 4) is 0 Å². The molecule has 0 aromatic carbocycles. The van der Waals surface area contributed by atoms with Gasteiger partial charge in [-0.25, -0.2) is 4.79 Å². The Bertz CT molecular complexity index is 475. The number of esters is 1. The van der Waals surface area contributed by atoms with E-state index in [1.807, 2.05) is 0 Å². The van der Waals surface area contributed by atoms with Gasteiger partial charge in [-0.3, -0.25) is 0 Å². The Balaban J connectivity index is 1.98. The fourth-order valence-electron chi connectivity index (χ4n) is 2.48. The van der Waals surface area contributed by atoms with Crippen molar-refractivity contribution in [2.24, 2.45) is 5.92 Å². The Hall–Kier alpha value is -1.41. The zero-order valence-electron chi connectivity index (χ0n) is 13.5. The molecule has 2 aliphatic rings. The molecule has 4 atom stereocenters. The Labute approximate surface area is 135 Å². The molecule has 7 nitrogen and oxygen atoms in total. The molecule has 130 valence electrons. The van der Waals surface area contributed by atoms with Gasteiger partial charge in [0, 0.05) is 18.8 Å². The second-order valence-electron chi connectivity index (χ2n) is 6.24. The van der Waals surface area contributed by atoms with Crippen molar-refractivity contribution in [1.82, 2.24) is 4.90 Å². The van der Waals surface area contributed by atoms with Crippen molar-refractivity contribution in [1.29, 1.82) is 0 Å². The third-order valence-corrected chi connectivity index (χ3v) is 3.92. The van der Waals surface area contributed by atoms with Crippen LogP contribution in [0.15, 0.2) is 24.0 Å². The number of carbonyl (C=O) groups excluding carboxylic acids is 1. The number of aliphatic hydroxyl groups excluding tert-OH is 3. The molecule has 0 aromatic rings. The molecule has 23 heavy (non-hydrogen) atoms. The van der Waals surface area contributed by atoms with Crippen molar-refractivity contribution < 1.29 is 29.6 Å². The van der Waals surface area contributed by atoms with Gasteiger partial charge in [0.05, 0.1) is 18.8 Å². The molecule has 1 fully saturated rings. The summed E-state index contributed by atoms with van der Waals surface area (Å²) in [5.41, 5.74) is 0.453. The van der Waals surface area contributed by atoms with Crippen LogP contribution in [0, 0.1) is 5.92 Å². The van der Waals surface area contributed by atoms with Gasteiger partial charge in [0.1, 0.15) is 18.3 Å². The first-order valence-electron chi connectivity index (χ1n) is 7.88. The molecule has 0 aliphatic carbocycles. The number of nitrogens with zero attached hydrogens (tertiary/aromatic N) is 1. The standard InChI is InChI=1S/C16H25NO6/c1-10(2)5-7-22-16(21)11-4-3-6-17(8-11)15-14(20)13(19)12(9-18)23-15/h3,6,8,10,12-15,18-20H,4-5,7,9H2,1-2H3. The first-order valence-corrected chi connectivity index (χ1v) is 7.88. The maximum Gasteiger partial charge on any atom is 0.335 e. The SMILES string of the molecule is CC(C)CCOC(=O)C1=CN(C2OC(CO)C(O)C2O)C=CC1. The van der Waals surface area contributed by atoms with E-state index in [9.17, 15) is 15.0 Å². The summed E-state index contributed by atoms with van der Waals surface area (Å²) in [7, 11) is 0. The monoisotopic (exact) mass is 327 g/mol. The maximum absolute atomic E-state index is 12.1. The van der Waals surface area contributed by atoms with Gasteiger partial charge in [0.25, 0.3) is 0 Å². The van der Waals surface area contributed by atoms with Gasteiger partial charge in [-0.15, -0.1) is 0 Å². The van der Waals surface area contributed by atoms with Crippen molar-refractivity contribution in [3.63, 3.8) is 0 Å². The second-order valence-corrected chi connectivity index (χ2v) is 6.24. The van der Waals surface area contributed by atoms with E-state index in [1.165, 1.54) is 4.90 Å². The molecular weight excluding hydrogens is 302 g/mol. The maximum atomic E-state index is 12.1. The van der Waals surface area contributed by atoms with Crippen LogP contribution in [0.4, 0.5) is 0 Å². The second kappa shape index (κ2) is 7.92. The lowest BCUT2D eigenvalue weighted by Crippen LogP contribution is -2.40. The number of allylic oxidation sites excluding steroid dienone is 1. The smallest absolute Gasteiger partial charge is 0.335 e. The summed E-state index contributed by atoms with van der Waals surface area (Å²) >= 11 is 0. The molecule has 0 saturated carbocycles. The van der Waals surface area contributed by atoms with Crippen LogP contribution in [0.3, 0.4) is 0 Å². The largest absolute Gasteiger partial charge is 0.462 e. The van der Waals surface area contributed by atoms with Gasteiger partial charge in [-0.1, -0.05) is 19.9 Å². The van der Waals surface area contributed by atoms with Crippen LogP contribution in [0.25, 0.3) is 0 Å². The fourth-order valence-corrected chi connectivity index (χ4v) is 2.48. The van der Waals surface area contributed by atoms with Crippen LogP contribution in [-0.4, -0.2) is 63.9 Å². The minimum Gasteiger partial charge on any atom is -0.462 e. The van der Waals surface area contributed by atoms with Gasteiger partial charge in [-0.05, 0) is 12.3 Å². The molecular formula is C16H25NO6. The zero-order valence-corrected chi connectivity index (χ0v) is 13.5. The Kier molecular flexibility index (Phi) is 6.17. The van der Waals surface area contributed by atoms with E-state index in [2.05, 4.69) is 13.8 Å². The van der Waals surface area contributed by atoms with Crippen LogP contribution in [0.2, 0.25) is 0 Å². The highest BCUT2D eigenvalue weighted by atomic mass is 16.6. The molecule has 7 heteroatoms. The predicted molar refractivity (Wildman–Crippen MR) is 81.9 cm³/mol. The van der Waals surface area contributed by atoms with Crippen molar-refractivity contribution in [3.05, 3.63) is 24.0 Å². The first-order chi connectivity index (χ1) is 10.9. The lowest BCUT2D eigenvalue weighted by molar-refractivity contribution is -0.139. The van der Waals surface area contributed by atoms with Gasteiger partial charge in [0.2, 0.25) is 0 Å². The van der Waals surface area contributed by atoms with E-state index in [0.717, 1.165) is 6.42 Å². The third-order valence-electron chi connectivity index (χ3n) is 3.92. The van der Waals surface area contributed by atoms with Crippen LogP contribution in [0.5, 0.6) is 0 Å². The van der Waals surface area contributed by atoms with E-state index in [-0.39, 0.29) is 6.61 Å². The summed E-state index contributed by atoms with van der Waals surface area (Å²) in [6.45, 7) is 4.09. The molecule has 2 aliphatic heterocycles. The summed E-state index contributed by atoms with van der Waals surface area (Å²) in [5.74, 6) is 0.0604. The summed E-state index contributed by atoms with van der Waals surface area (Å²) < 4.78 is 10.7. The van der Waals surface area contributed by atoms with Gasteiger partial charge in [-0.2, -0.15) is 0 Å². The van der Waals surface area contributed by atoms with Crippen LogP contribution >= 0.6 is 0 Å². The zero-order chi connectivity index (χ0) is 17.0. The number of ether oxygens (including phenoxy) is 2. The minimum absolute atomic E-state index is 0.366. The molecule has 2 heterocycles. The third kappa shape index (κ3) is 4.32. The Morgan fingerprint density at radius 3 is 2.78 bits per heavy atom. The van der Waals surface area contributed by atoms with Crippen LogP contribution in [-0.2, 0) is 14.3 Å². The molecule has 1 saturated heterocycles. The average Bonchev–Trinajstić information content (AvgIpc) is 2.82. The Morgan fingerprint density at radius 2 is 2.17 bits per heavy atom. The highest BCUT2D eigenvalue weighted by Gasteiger charge is 2.44. The number of hydrogen-bond acceptors (Lipinski definition) is 7. The molecule has 0 amide bonds. The van der Waals surface area contributed by atoms with E-state index >= 15 is 0 Å². The topological polar surface area (TPSA) is 99.5 Å². The van der Waals surface area contributed by atoms with Gasteiger partial charge < -0.3 is 29.7 Å². The number of carbonyl (C=O) groups is 1. The normalized spacial score (nSPS) is 30.7. The van der Waals surface area contributed by atoms with E-state index < -0.39 is 30.5 Å². The molecule has 3 N–H and O–H groups in total. The molecule has 0 spiro atoms.